The van der Waals surface area contributed by atoms with Crippen molar-refractivity contribution in [3.8, 4) is 0 Å². The van der Waals surface area contributed by atoms with Crippen molar-refractivity contribution in [1.82, 2.24) is 24.8 Å². The van der Waals surface area contributed by atoms with Gasteiger partial charge in [0.1, 0.15) is 6.33 Å². The van der Waals surface area contributed by atoms with Gasteiger partial charge in [-0.05, 0) is 12.8 Å². The lowest BCUT2D eigenvalue weighted by Crippen LogP contribution is -2.44. The Morgan fingerprint density at radius 2 is 2.04 bits per heavy atom. The molecule has 2 aliphatic heterocycles. The minimum absolute atomic E-state index is 0.291. The first-order valence-electron chi connectivity index (χ1n) is 9.66. The van der Waals surface area contributed by atoms with Crippen LogP contribution in [0.3, 0.4) is 0 Å². The van der Waals surface area contributed by atoms with Crippen LogP contribution in [-0.2, 0) is 11.3 Å². The van der Waals surface area contributed by atoms with Crippen molar-refractivity contribution in [3.63, 3.8) is 0 Å². The molecule has 0 radical (unpaired) electrons. The van der Waals surface area contributed by atoms with Crippen molar-refractivity contribution in [1.29, 1.82) is 0 Å². The highest BCUT2D eigenvalue weighted by molar-refractivity contribution is 5.86. The van der Waals surface area contributed by atoms with E-state index >= 15 is 0 Å². The van der Waals surface area contributed by atoms with Gasteiger partial charge in [0.05, 0.1) is 19.3 Å². The van der Waals surface area contributed by atoms with Crippen LogP contribution in [0.15, 0.2) is 6.33 Å². The zero-order valence-corrected chi connectivity index (χ0v) is 16.0. The lowest BCUT2D eigenvalue weighted by molar-refractivity contribution is 0.0986. The highest BCUT2D eigenvalue weighted by Crippen LogP contribution is 2.30. The van der Waals surface area contributed by atoms with Crippen LogP contribution < -0.4 is 15.1 Å². The summed E-state index contributed by atoms with van der Waals surface area (Å²) >= 11 is 0. The van der Waals surface area contributed by atoms with Crippen molar-refractivity contribution in [2.24, 2.45) is 5.92 Å². The molecular formula is C18H29N7O. The summed E-state index contributed by atoms with van der Waals surface area (Å²) in [6, 6.07) is 0.291. The van der Waals surface area contributed by atoms with E-state index in [1.165, 1.54) is 0 Å². The number of morpholine rings is 1. The van der Waals surface area contributed by atoms with E-state index in [0.717, 1.165) is 75.4 Å². The number of fused-ring (bicyclic) bond motifs is 1. The van der Waals surface area contributed by atoms with Crippen molar-refractivity contribution < 1.29 is 4.74 Å². The molecule has 26 heavy (non-hydrogen) atoms. The number of piperazine rings is 1. The molecular weight excluding hydrogens is 330 g/mol. The molecule has 1 atom stereocenters. The highest BCUT2D eigenvalue weighted by atomic mass is 16.5. The van der Waals surface area contributed by atoms with Crippen LogP contribution in [-0.4, -0.2) is 71.5 Å². The summed E-state index contributed by atoms with van der Waals surface area (Å²) in [5.41, 5.74) is 1.85. The lowest BCUT2D eigenvalue weighted by atomic mass is 10.2. The first-order valence-corrected chi connectivity index (χ1v) is 9.66. The van der Waals surface area contributed by atoms with Crippen LogP contribution in [0.2, 0.25) is 0 Å². The van der Waals surface area contributed by atoms with E-state index < -0.39 is 0 Å². The number of hydrogen-bond acceptors (Lipinski definition) is 7. The van der Waals surface area contributed by atoms with E-state index in [1.807, 2.05) is 0 Å². The van der Waals surface area contributed by atoms with E-state index in [4.69, 9.17) is 9.72 Å². The maximum absolute atomic E-state index is 5.60. The zero-order valence-electron chi connectivity index (χ0n) is 16.0. The second kappa shape index (κ2) is 7.36. The second-order valence-corrected chi connectivity index (χ2v) is 7.64. The maximum atomic E-state index is 5.60. The summed E-state index contributed by atoms with van der Waals surface area (Å²) in [4.78, 5) is 19.0. The fourth-order valence-corrected chi connectivity index (χ4v) is 3.80. The molecule has 0 unspecified atom stereocenters. The minimum Gasteiger partial charge on any atom is -0.377 e. The molecule has 0 amide bonds. The first kappa shape index (κ1) is 17.5. The molecule has 2 aliphatic rings. The van der Waals surface area contributed by atoms with Gasteiger partial charge in [0.25, 0.3) is 0 Å². The summed E-state index contributed by atoms with van der Waals surface area (Å²) in [5, 5.41) is 3.42. The van der Waals surface area contributed by atoms with Crippen molar-refractivity contribution in [2.75, 3.05) is 55.7 Å². The molecule has 142 valence electrons. The topological polar surface area (TPSA) is 71.3 Å². The molecule has 8 heteroatoms. The van der Waals surface area contributed by atoms with Crippen molar-refractivity contribution >= 4 is 22.9 Å². The Hall–Kier alpha value is -1.93. The normalized spacial score (nSPS) is 21.8. The van der Waals surface area contributed by atoms with Gasteiger partial charge in [0, 0.05) is 39.3 Å². The van der Waals surface area contributed by atoms with E-state index in [2.05, 4.69) is 50.4 Å². The van der Waals surface area contributed by atoms with Gasteiger partial charge >= 0.3 is 0 Å². The zero-order chi connectivity index (χ0) is 18.1. The number of imidazole rings is 1. The molecule has 2 aromatic heterocycles. The van der Waals surface area contributed by atoms with Crippen molar-refractivity contribution in [2.45, 2.75) is 33.4 Å². The van der Waals surface area contributed by atoms with Gasteiger partial charge in [-0.3, -0.25) is 4.57 Å². The van der Waals surface area contributed by atoms with Gasteiger partial charge in [-0.15, -0.1) is 0 Å². The SMILES string of the molecule is CC(C)Cn1c(N2CCNCC2)nc2c(N3CCOC[C@@H]3C)ncnc21. The van der Waals surface area contributed by atoms with Gasteiger partial charge in [-0.1, -0.05) is 13.8 Å². The molecule has 2 saturated heterocycles. The highest BCUT2D eigenvalue weighted by Gasteiger charge is 2.27. The summed E-state index contributed by atoms with van der Waals surface area (Å²) in [5.74, 6) is 2.48. The Morgan fingerprint density at radius 3 is 2.77 bits per heavy atom. The van der Waals surface area contributed by atoms with Crippen LogP contribution >= 0.6 is 0 Å². The van der Waals surface area contributed by atoms with E-state index in [-0.39, 0.29) is 0 Å². The van der Waals surface area contributed by atoms with Crippen molar-refractivity contribution in [3.05, 3.63) is 6.33 Å². The quantitative estimate of drug-likeness (QED) is 0.877. The van der Waals surface area contributed by atoms with Crippen LogP contribution in [0.25, 0.3) is 11.2 Å². The number of rotatable bonds is 4. The lowest BCUT2D eigenvalue weighted by Gasteiger charge is -2.34. The number of anilines is 2. The van der Waals surface area contributed by atoms with Gasteiger partial charge in [0.15, 0.2) is 17.0 Å². The first-order chi connectivity index (χ1) is 12.6. The third kappa shape index (κ3) is 3.23. The maximum Gasteiger partial charge on any atom is 0.208 e. The molecule has 2 aromatic rings. The molecule has 4 rings (SSSR count). The van der Waals surface area contributed by atoms with Gasteiger partial charge in [0.2, 0.25) is 5.95 Å². The number of aromatic nitrogens is 4. The largest absolute Gasteiger partial charge is 0.377 e. The number of ether oxygens (including phenoxy) is 1. The average molecular weight is 359 g/mol. The Kier molecular flexibility index (Phi) is 4.95. The Bertz CT molecular complexity index is 753. The van der Waals surface area contributed by atoms with Crippen LogP contribution in [0.1, 0.15) is 20.8 Å². The predicted octanol–water partition coefficient (Wildman–Crippen LogP) is 1.12. The van der Waals surface area contributed by atoms with E-state index in [9.17, 15) is 0 Å². The third-order valence-corrected chi connectivity index (χ3v) is 5.08. The smallest absolute Gasteiger partial charge is 0.208 e. The molecule has 8 nitrogen and oxygen atoms in total. The fraction of sp³-hybridized carbons (Fsp3) is 0.722. The summed E-state index contributed by atoms with van der Waals surface area (Å²) in [7, 11) is 0. The molecule has 0 aromatic carbocycles. The van der Waals surface area contributed by atoms with Crippen LogP contribution in [0.4, 0.5) is 11.8 Å². The molecule has 4 heterocycles. The summed E-state index contributed by atoms with van der Waals surface area (Å²) in [6.07, 6.45) is 1.68. The number of hydrogen-bond donors (Lipinski definition) is 1. The van der Waals surface area contributed by atoms with Crippen LogP contribution in [0, 0.1) is 5.92 Å². The third-order valence-electron chi connectivity index (χ3n) is 5.08. The van der Waals surface area contributed by atoms with E-state index in [1.54, 1.807) is 6.33 Å². The van der Waals surface area contributed by atoms with Crippen LogP contribution in [0.5, 0.6) is 0 Å². The molecule has 0 saturated carbocycles. The van der Waals surface area contributed by atoms with Gasteiger partial charge < -0.3 is 19.9 Å². The standard InChI is InChI=1S/C18H29N7O/c1-13(2)10-25-17-15(22-18(25)23-6-4-19-5-7-23)16(20-12-21-17)24-8-9-26-11-14(24)3/h12-14,19H,4-11H2,1-3H3/t14-/m0/s1. The Morgan fingerprint density at radius 1 is 1.23 bits per heavy atom. The molecule has 2 fully saturated rings. The minimum atomic E-state index is 0.291. The van der Waals surface area contributed by atoms with Gasteiger partial charge in [-0.25, -0.2) is 15.0 Å². The molecule has 0 spiro atoms. The summed E-state index contributed by atoms with van der Waals surface area (Å²) < 4.78 is 7.88. The fourth-order valence-electron chi connectivity index (χ4n) is 3.80. The molecule has 0 aliphatic carbocycles. The average Bonchev–Trinajstić information content (AvgIpc) is 3.01. The Balaban J connectivity index is 1.81. The predicted molar refractivity (Wildman–Crippen MR) is 103 cm³/mol. The number of nitrogens with one attached hydrogen (secondary N) is 1. The number of nitrogens with zero attached hydrogens (tertiary/aromatic N) is 6. The molecule has 0 bridgehead atoms. The van der Waals surface area contributed by atoms with E-state index in [0.29, 0.717) is 12.0 Å². The summed E-state index contributed by atoms with van der Waals surface area (Å²) in [6.45, 7) is 13.8. The van der Waals surface area contributed by atoms with Gasteiger partial charge in [-0.2, -0.15) is 0 Å². The molecule has 1 N–H and O–H groups in total. The monoisotopic (exact) mass is 359 g/mol. The second-order valence-electron chi connectivity index (χ2n) is 7.64. The Labute approximate surface area is 154 Å².